The number of rotatable bonds is 3. The van der Waals surface area contributed by atoms with Crippen molar-refractivity contribution < 1.29 is 4.79 Å². The van der Waals surface area contributed by atoms with Crippen LogP contribution in [0.25, 0.3) is 4.96 Å². The van der Waals surface area contributed by atoms with E-state index in [0.717, 1.165) is 43.1 Å². The summed E-state index contributed by atoms with van der Waals surface area (Å²) in [4.78, 5) is 20.3. The second kappa shape index (κ2) is 7.11. The van der Waals surface area contributed by atoms with E-state index in [9.17, 15) is 4.79 Å². The van der Waals surface area contributed by atoms with Crippen molar-refractivity contribution in [1.29, 1.82) is 0 Å². The number of nitrogens with zero attached hydrogens (tertiary/aromatic N) is 3. The molecule has 2 amide bonds. The molecule has 2 aromatic heterocycles. The van der Waals surface area contributed by atoms with Gasteiger partial charge in [-0.3, -0.25) is 4.40 Å². The molecule has 0 radical (unpaired) electrons. The van der Waals surface area contributed by atoms with Gasteiger partial charge in [-0.15, -0.1) is 11.3 Å². The molecule has 6 nitrogen and oxygen atoms in total. The summed E-state index contributed by atoms with van der Waals surface area (Å²) in [5.74, 6) is 0.600. The first-order valence-corrected chi connectivity index (χ1v) is 9.85. The Morgan fingerprint density at radius 3 is 3.17 bits per heavy atom. The van der Waals surface area contributed by atoms with Gasteiger partial charge < -0.3 is 15.5 Å². The summed E-state index contributed by atoms with van der Waals surface area (Å²) >= 11 is 1.61. The predicted octanol–water partition coefficient (Wildman–Crippen LogP) is 2.46. The number of fused-ring (bicyclic) bond motifs is 1. The van der Waals surface area contributed by atoms with Crippen molar-refractivity contribution in [2.75, 3.05) is 19.6 Å². The molecule has 2 N–H and O–H groups in total. The van der Waals surface area contributed by atoms with Gasteiger partial charge in [-0.1, -0.05) is 0 Å². The van der Waals surface area contributed by atoms with Gasteiger partial charge in [0.15, 0.2) is 4.96 Å². The lowest BCUT2D eigenvalue weighted by Crippen LogP contribution is -2.53. The topological polar surface area (TPSA) is 61.7 Å². The van der Waals surface area contributed by atoms with Gasteiger partial charge in [0, 0.05) is 30.4 Å². The van der Waals surface area contributed by atoms with Crippen LogP contribution in [0.4, 0.5) is 4.79 Å². The van der Waals surface area contributed by atoms with Crippen molar-refractivity contribution in [3.05, 3.63) is 23.5 Å². The van der Waals surface area contributed by atoms with E-state index in [1.54, 1.807) is 11.3 Å². The van der Waals surface area contributed by atoms with Gasteiger partial charge in [-0.05, 0) is 51.1 Å². The number of thiazole rings is 1. The molecule has 2 aliphatic rings. The summed E-state index contributed by atoms with van der Waals surface area (Å²) < 4.78 is 2.00. The number of aromatic nitrogens is 2. The molecule has 2 fully saturated rings. The molecule has 7 heteroatoms. The molecule has 0 aliphatic carbocycles. The Morgan fingerprint density at radius 2 is 2.33 bits per heavy atom. The zero-order valence-electron chi connectivity index (χ0n) is 13.9. The summed E-state index contributed by atoms with van der Waals surface area (Å²) in [5.41, 5.74) is 0.920. The van der Waals surface area contributed by atoms with Crippen LogP contribution in [0.3, 0.4) is 0 Å². The second-order valence-corrected chi connectivity index (χ2v) is 7.72. The van der Waals surface area contributed by atoms with E-state index in [1.165, 1.54) is 19.3 Å². The molecule has 0 spiro atoms. The van der Waals surface area contributed by atoms with Gasteiger partial charge in [0.2, 0.25) is 0 Å². The fourth-order valence-corrected chi connectivity index (χ4v) is 4.75. The average Bonchev–Trinajstić information content (AvgIpc) is 3.22. The van der Waals surface area contributed by atoms with Gasteiger partial charge >= 0.3 is 6.03 Å². The quantitative estimate of drug-likeness (QED) is 0.897. The van der Waals surface area contributed by atoms with Crippen molar-refractivity contribution in [3.63, 3.8) is 0 Å². The lowest BCUT2D eigenvalue weighted by Gasteiger charge is -2.41. The Bertz CT molecular complexity index is 662. The number of nitrogens with one attached hydrogen (secondary N) is 2. The molecule has 24 heavy (non-hydrogen) atoms. The van der Waals surface area contributed by atoms with Crippen molar-refractivity contribution in [2.24, 2.45) is 5.92 Å². The van der Waals surface area contributed by atoms with E-state index < -0.39 is 0 Å². The SMILES string of the molecule is O=C(NCc1cn2ccsc2n1)N1CCCCC1C1CCCNC1. The van der Waals surface area contributed by atoms with Crippen LogP contribution in [0.15, 0.2) is 17.8 Å². The van der Waals surface area contributed by atoms with E-state index >= 15 is 0 Å². The molecule has 0 bridgehead atoms. The smallest absolute Gasteiger partial charge is 0.317 e. The maximum atomic E-state index is 12.7. The monoisotopic (exact) mass is 347 g/mol. The van der Waals surface area contributed by atoms with Crippen molar-refractivity contribution in [3.8, 4) is 0 Å². The number of hydrogen-bond donors (Lipinski definition) is 2. The number of urea groups is 1. The summed E-state index contributed by atoms with van der Waals surface area (Å²) in [5, 5.41) is 8.59. The van der Waals surface area contributed by atoms with E-state index in [-0.39, 0.29) is 6.03 Å². The van der Waals surface area contributed by atoms with E-state index in [1.807, 2.05) is 22.2 Å². The van der Waals surface area contributed by atoms with Crippen molar-refractivity contribution in [2.45, 2.75) is 44.7 Å². The maximum Gasteiger partial charge on any atom is 0.317 e. The van der Waals surface area contributed by atoms with Crippen LogP contribution in [0.2, 0.25) is 0 Å². The Hall–Kier alpha value is -1.60. The Morgan fingerprint density at radius 1 is 1.38 bits per heavy atom. The summed E-state index contributed by atoms with van der Waals surface area (Å²) in [6.07, 6.45) is 9.94. The zero-order valence-corrected chi connectivity index (χ0v) is 14.7. The Kier molecular flexibility index (Phi) is 4.71. The van der Waals surface area contributed by atoms with Gasteiger partial charge in [-0.2, -0.15) is 0 Å². The Labute approximate surface area is 146 Å². The number of hydrogen-bond acceptors (Lipinski definition) is 4. The van der Waals surface area contributed by atoms with Crippen molar-refractivity contribution >= 4 is 22.3 Å². The second-order valence-electron chi connectivity index (χ2n) is 6.85. The average molecular weight is 347 g/mol. The van der Waals surface area contributed by atoms with Gasteiger partial charge in [-0.25, -0.2) is 9.78 Å². The largest absolute Gasteiger partial charge is 0.332 e. The molecular weight excluding hydrogens is 322 g/mol. The molecule has 2 unspecified atom stereocenters. The summed E-state index contributed by atoms with van der Waals surface area (Å²) in [6, 6.07) is 0.457. The van der Waals surface area contributed by atoms with Gasteiger partial charge in [0.25, 0.3) is 0 Å². The third-order valence-corrected chi connectivity index (χ3v) is 6.02. The van der Waals surface area contributed by atoms with Crippen LogP contribution in [0, 0.1) is 5.92 Å². The highest BCUT2D eigenvalue weighted by atomic mass is 32.1. The van der Waals surface area contributed by atoms with Crippen LogP contribution < -0.4 is 10.6 Å². The number of amides is 2. The first kappa shape index (κ1) is 15.9. The van der Waals surface area contributed by atoms with E-state index in [0.29, 0.717) is 18.5 Å². The minimum absolute atomic E-state index is 0.0710. The van der Waals surface area contributed by atoms with Gasteiger partial charge in [0.05, 0.1) is 12.2 Å². The first-order valence-electron chi connectivity index (χ1n) is 8.97. The van der Waals surface area contributed by atoms with E-state index in [4.69, 9.17) is 0 Å². The number of imidazole rings is 1. The lowest BCUT2D eigenvalue weighted by molar-refractivity contribution is 0.107. The molecule has 2 atom stereocenters. The first-order chi connectivity index (χ1) is 11.8. The zero-order chi connectivity index (χ0) is 16.4. The Balaban J connectivity index is 1.38. The molecule has 0 aromatic carbocycles. The molecule has 130 valence electrons. The predicted molar refractivity (Wildman–Crippen MR) is 95.2 cm³/mol. The van der Waals surface area contributed by atoms with Gasteiger partial charge in [0.1, 0.15) is 0 Å². The third-order valence-electron chi connectivity index (χ3n) is 5.25. The summed E-state index contributed by atoms with van der Waals surface area (Å²) in [7, 11) is 0. The lowest BCUT2D eigenvalue weighted by atomic mass is 9.85. The highest BCUT2D eigenvalue weighted by Gasteiger charge is 2.33. The number of carbonyl (C=O) groups is 1. The molecular formula is C17H25N5OS. The highest BCUT2D eigenvalue weighted by Crippen LogP contribution is 2.27. The number of carbonyl (C=O) groups excluding carboxylic acids is 1. The fraction of sp³-hybridized carbons (Fsp3) is 0.647. The maximum absolute atomic E-state index is 12.7. The number of likely N-dealkylation sites (tertiary alicyclic amines) is 1. The van der Waals surface area contributed by atoms with Crippen LogP contribution in [-0.4, -0.2) is 46.0 Å². The molecule has 4 heterocycles. The van der Waals surface area contributed by atoms with Crippen LogP contribution in [0.1, 0.15) is 37.8 Å². The summed E-state index contributed by atoms with van der Waals surface area (Å²) in [6.45, 7) is 3.54. The minimum atomic E-state index is 0.0710. The fourth-order valence-electron chi connectivity index (χ4n) is 4.04. The highest BCUT2D eigenvalue weighted by molar-refractivity contribution is 7.15. The van der Waals surface area contributed by atoms with Crippen LogP contribution in [0.5, 0.6) is 0 Å². The molecule has 2 saturated heterocycles. The van der Waals surface area contributed by atoms with Crippen LogP contribution in [-0.2, 0) is 6.54 Å². The third kappa shape index (κ3) is 3.28. The number of piperidine rings is 2. The normalized spacial score (nSPS) is 25.1. The van der Waals surface area contributed by atoms with E-state index in [2.05, 4.69) is 20.5 Å². The molecule has 4 rings (SSSR count). The van der Waals surface area contributed by atoms with Crippen LogP contribution >= 0.6 is 11.3 Å². The van der Waals surface area contributed by atoms with Crippen molar-refractivity contribution in [1.82, 2.24) is 24.9 Å². The molecule has 0 saturated carbocycles. The molecule has 2 aromatic rings. The minimum Gasteiger partial charge on any atom is -0.332 e. The standard InChI is InChI=1S/C17H25N5OS/c23-16(19-11-14-12-21-8-9-24-17(21)20-14)22-7-2-1-5-15(22)13-4-3-6-18-10-13/h8-9,12-13,15,18H,1-7,10-11H2,(H,19,23). The molecule has 2 aliphatic heterocycles.